The number of carboxylic acid groups (broad SMARTS) is 1. The highest BCUT2D eigenvalue weighted by Crippen LogP contribution is 2.31. The number of hydrogen-bond donors (Lipinski definition) is 2. The van der Waals surface area contributed by atoms with Crippen LogP contribution in [0.2, 0.25) is 0 Å². The first-order valence-corrected chi connectivity index (χ1v) is 7.66. The van der Waals surface area contributed by atoms with Crippen molar-refractivity contribution in [1.29, 1.82) is 0 Å². The smallest absolute Gasteiger partial charge is 0.335 e. The molecule has 2 aromatic rings. The highest BCUT2D eigenvalue weighted by Gasteiger charge is 2.12. The molecule has 0 bridgehead atoms. The highest BCUT2D eigenvalue weighted by molar-refractivity contribution is 9.10. The van der Waals surface area contributed by atoms with E-state index in [1.807, 2.05) is 13.0 Å². The van der Waals surface area contributed by atoms with Crippen LogP contribution in [-0.4, -0.2) is 24.1 Å². The quantitative estimate of drug-likeness (QED) is 0.833. The van der Waals surface area contributed by atoms with Crippen LogP contribution in [0.25, 0.3) is 0 Å². The summed E-state index contributed by atoms with van der Waals surface area (Å²) in [7, 11) is 1.54. The van der Waals surface area contributed by atoms with Crippen LogP contribution in [0.15, 0.2) is 40.9 Å². The van der Waals surface area contributed by atoms with Gasteiger partial charge in [0.2, 0.25) is 5.91 Å². The van der Waals surface area contributed by atoms with Gasteiger partial charge in [0.1, 0.15) is 5.75 Å². The maximum absolute atomic E-state index is 12.2. The highest BCUT2D eigenvalue weighted by atomic mass is 79.9. The third-order valence-electron chi connectivity index (χ3n) is 3.29. The summed E-state index contributed by atoms with van der Waals surface area (Å²) in [6, 6.07) is 9.92. The van der Waals surface area contributed by atoms with Crippen LogP contribution >= 0.6 is 15.9 Å². The van der Waals surface area contributed by atoms with Gasteiger partial charge in [-0.3, -0.25) is 4.79 Å². The minimum Gasteiger partial charge on any atom is -0.495 e. The lowest BCUT2D eigenvalue weighted by Gasteiger charge is -2.12. The first-order valence-electron chi connectivity index (χ1n) is 6.87. The Balaban J connectivity index is 2.15. The van der Waals surface area contributed by atoms with Crippen LogP contribution in [0, 0.1) is 6.92 Å². The summed E-state index contributed by atoms with van der Waals surface area (Å²) in [5.74, 6) is -0.698. The van der Waals surface area contributed by atoms with E-state index < -0.39 is 5.97 Å². The maximum Gasteiger partial charge on any atom is 0.335 e. The van der Waals surface area contributed by atoms with Crippen molar-refractivity contribution >= 4 is 33.5 Å². The van der Waals surface area contributed by atoms with Crippen LogP contribution in [-0.2, 0) is 11.2 Å². The van der Waals surface area contributed by atoms with Gasteiger partial charge in [0.05, 0.1) is 24.8 Å². The van der Waals surface area contributed by atoms with Crippen molar-refractivity contribution in [2.45, 2.75) is 13.3 Å². The van der Waals surface area contributed by atoms with Crippen molar-refractivity contribution in [1.82, 2.24) is 0 Å². The number of aryl methyl sites for hydroxylation is 1. The fraction of sp³-hybridized carbons (Fsp3) is 0.176. The second kappa shape index (κ2) is 7.28. The molecule has 120 valence electrons. The number of methoxy groups -OCH3 is 1. The van der Waals surface area contributed by atoms with E-state index in [9.17, 15) is 9.59 Å². The van der Waals surface area contributed by atoms with Gasteiger partial charge < -0.3 is 15.2 Å². The van der Waals surface area contributed by atoms with Gasteiger partial charge in [0.15, 0.2) is 0 Å². The molecule has 2 aromatic carbocycles. The Morgan fingerprint density at radius 3 is 2.65 bits per heavy atom. The minimum atomic E-state index is -1.02. The number of ether oxygens (including phenoxy) is 1. The summed E-state index contributed by atoms with van der Waals surface area (Å²) in [4.78, 5) is 23.2. The molecule has 0 unspecified atom stereocenters. The van der Waals surface area contributed by atoms with Gasteiger partial charge in [-0.25, -0.2) is 4.79 Å². The SMILES string of the molecule is COc1cc(C)c(Br)cc1NC(=O)Cc1cccc(C(=O)O)c1. The summed E-state index contributed by atoms with van der Waals surface area (Å²) in [6.45, 7) is 1.93. The number of anilines is 1. The lowest BCUT2D eigenvalue weighted by atomic mass is 10.1. The minimum absolute atomic E-state index is 0.0791. The molecule has 6 heteroatoms. The largest absolute Gasteiger partial charge is 0.495 e. The molecule has 1 amide bonds. The number of halogens is 1. The van der Waals surface area contributed by atoms with Crippen molar-refractivity contribution in [3.05, 3.63) is 57.6 Å². The van der Waals surface area contributed by atoms with Crippen LogP contribution in [0.5, 0.6) is 5.75 Å². The zero-order valence-corrected chi connectivity index (χ0v) is 14.3. The number of carbonyl (C=O) groups is 2. The normalized spacial score (nSPS) is 10.2. The number of carboxylic acids is 1. The number of hydrogen-bond acceptors (Lipinski definition) is 3. The van der Waals surface area contributed by atoms with Crippen molar-refractivity contribution in [2.75, 3.05) is 12.4 Å². The Hall–Kier alpha value is -2.34. The van der Waals surface area contributed by atoms with E-state index in [0.717, 1.165) is 10.0 Å². The van der Waals surface area contributed by atoms with E-state index in [-0.39, 0.29) is 17.9 Å². The summed E-state index contributed by atoms with van der Waals surface area (Å²) in [6.07, 6.45) is 0.0791. The van der Waals surface area contributed by atoms with Gasteiger partial charge in [0.25, 0.3) is 0 Å². The lowest BCUT2D eigenvalue weighted by Crippen LogP contribution is -2.15. The molecule has 0 fully saturated rings. The Kier molecular flexibility index (Phi) is 5.39. The van der Waals surface area contributed by atoms with E-state index in [0.29, 0.717) is 17.0 Å². The Bertz CT molecular complexity index is 758. The monoisotopic (exact) mass is 377 g/mol. The summed E-state index contributed by atoms with van der Waals surface area (Å²) in [5, 5.41) is 11.8. The molecule has 0 saturated carbocycles. The van der Waals surface area contributed by atoms with Gasteiger partial charge in [-0.05, 0) is 42.3 Å². The number of amides is 1. The third kappa shape index (κ3) is 4.32. The maximum atomic E-state index is 12.2. The van der Waals surface area contributed by atoms with E-state index in [4.69, 9.17) is 9.84 Å². The Labute approximate surface area is 142 Å². The lowest BCUT2D eigenvalue weighted by molar-refractivity contribution is -0.115. The number of nitrogens with one attached hydrogen (secondary N) is 1. The molecule has 0 aliphatic rings. The zero-order valence-electron chi connectivity index (χ0n) is 12.7. The van der Waals surface area contributed by atoms with Gasteiger partial charge in [-0.15, -0.1) is 0 Å². The Morgan fingerprint density at radius 2 is 2.00 bits per heavy atom. The standard InChI is InChI=1S/C17H16BrNO4/c1-10-6-15(23-2)14(9-13(10)18)19-16(20)8-11-4-3-5-12(7-11)17(21)22/h3-7,9H,8H2,1-2H3,(H,19,20)(H,21,22). The first-order chi connectivity index (χ1) is 10.9. The van der Waals surface area contributed by atoms with Crippen molar-refractivity contribution < 1.29 is 19.4 Å². The second-order valence-corrected chi connectivity index (χ2v) is 5.89. The molecule has 0 spiro atoms. The number of benzene rings is 2. The summed E-state index contributed by atoms with van der Waals surface area (Å²) >= 11 is 3.42. The molecule has 2 N–H and O–H groups in total. The molecule has 0 radical (unpaired) electrons. The average molecular weight is 378 g/mol. The molecular weight excluding hydrogens is 362 g/mol. The fourth-order valence-corrected chi connectivity index (χ4v) is 2.46. The van der Waals surface area contributed by atoms with Crippen LogP contribution in [0.3, 0.4) is 0 Å². The number of carbonyl (C=O) groups excluding carboxylic acids is 1. The molecule has 0 saturated heterocycles. The first kappa shape index (κ1) is 17.0. The average Bonchev–Trinajstić information content (AvgIpc) is 2.50. The molecule has 0 aromatic heterocycles. The van der Waals surface area contributed by atoms with Crippen LogP contribution in [0.1, 0.15) is 21.5 Å². The van der Waals surface area contributed by atoms with Crippen molar-refractivity contribution in [2.24, 2.45) is 0 Å². The van der Waals surface area contributed by atoms with E-state index >= 15 is 0 Å². The molecule has 0 atom stereocenters. The van der Waals surface area contributed by atoms with Crippen LogP contribution < -0.4 is 10.1 Å². The molecular formula is C17H16BrNO4. The van der Waals surface area contributed by atoms with Gasteiger partial charge in [0, 0.05) is 4.47 Å². The topological polar surface area (TPSA) is 75.6 Å². The molecule has 23 heavy (non-hydrogen) atoms. The van der Waals surface area contributed by atoms with Gasteiger partial charge in [-0.1, -0.05) is 28.1 Å². The Morgan fingerprint density at radius 1 is 1.26 bits per heavy atom. The van der Waals surface area contributed by atoms with Gasteiger partial charge in [-0.2, -0.15) is 0 Å². The molecule has 0 aliphatic carbocycles. The molecule has 5 nitrogen and oxygen atoms in total. The zero-order chi connectivity index (χ0) is 17.0. The molecule has 2 rings (SSSR count). The van der Waals surface area contributed by atoms with E-state index in [1.165, 1.54) is 19.2 Å². The predicted molar refractivity (Wildman–Crippen MR) is 91.2 cm³/mol. The fourth-order valence-electron chi connectivity index (χ4n) is 2.12. The summed E-state index contributed by atoms with van der Waals surface area (Å²) in [5.41, 5.74) is 2.34. The van der Waals surface area contributed by atoms with E-state index in [2.05, 4.69) is 21.2 Å². The van der Waals surface area contributed by atoms with Crippen molar-refractivity contribution in [3.63, 3.8) is 0 Å². The van der Waals surface area contributed by atoms with Crippen molar-refractivity contribution in [3.8, 4) is 5.75 Å². The number of rotatable bonds is 5. The van der Waals surface area contributed by atoms with Gasteiger partial charge >= 0.3 is 5.97 Å². The van der Waals surface area contributed by atoms with E-state index in [1.54, 1.807) is 18.2 Å². The molecule has 0 aliphatic heterocycles. The number of aromatic carboxylic acids is 1. The third-order valence-corrected chi connectivity index (χ3v) is 4.15. The van der Waals surface area contributed by atoms with Crippen LogP contribution in [0.4, 0.5) is 5.69 Å². The molecule has 0 heterocycles. The predicted octanol–water partition coefficient (Wildman–Crippen LogP) is 3.65. The summed E-state index contributed by atoms with van der Waals surface area (Å²) < 4.78 is 6.13. The second-order valence-electron chi connectivity index (χ2n) is 5.03.